The molecule has 2 aromatic carbocycles. The predicted molar refractivity (Wildman–Crippen MR) is 114 cm³/mol. The van der Waals surface area contributed by atoms with Gasteiger partial charge in [0.25, 0.3) is 0 Å². The molecule has 2 aliphatic rings. The van der Waals surface area contributed by atoms with Crippen molar-refractivity contribution in [2.75, 3.05) is 27.8 Å². The van der Waals surface area contributed by atoms with E-state index in [4.69, 9.17) is 23.7 Å². The lowest BCUT2D eigenvalue weighted by atomic mass is 9.80. The second kappa shape index (κ2) is 8.78. The van der Waals surface area contributed by atoms with Crippen LogP contribution in [-0.2, 0) is 9.47 Å². The number of halogens is 1. The zero-order valence-corrected chi connectivity index (χ0v) is 18.2. The second-order valence-electron chi connectivity index (χ2n) is 7.46. The van der Waals surface area contributed by atoms with Crippen molar-refractivity contribution in [3.8, 4) is 17.2 Å². The van der Waals surface area contributed by atoms with E-state index < -0.39 is 0 Å². The predicted octanol–water partition coefficient (Wildman–Crippen LogP) is 5.60. The van der Waals surface area contributed by atoms with Crippen molar-refractivity contribution in [1.29, 1.82) is 0 Å². The van der Waals surface area contributed by atoms with Crippen LogP contribution in [0.25, 0.3) is 0 Å². The topological polar surface area (TPSA) is 46.2 Å². The first kappa shape index (κ1) is 20.3. The zero-order chi connectivity index (χ0) is 20.4. The lowest BCUT2D eigenvalue weighted by Crippen LogP contribution is -2.27. The van der Waals surface area contributed by atoms with Crippen LogP contribution in [0, 0.1) is 5.92 Å². The summed E-state index contributed by atoms with van der Waals surface area (Å²) in [5, 5.41) is 0. The number of ether oxygens (including phenoxy) is 5. The van der Waals surface area contributed by atoms with E-state index >= 15 is 0 Å². The van der Waals surface area contributed by atoms with Crippen molar-refractivity contribution >= 4 is 15.9 Å². The first-order valence-electron chi connectivity index (χ1n) is 9.61. The molecular weight excluding hydrogens is 436 g/mol. The van der Waals surface area contributed by atoms with E-state index in [0.29, 0.717) is 11.8 Å². The number of hydrogen-bond acceptors (Lipinski definition) is 5. The van der Waals surface area contributed by atoms with Crippen LogP contribution >= 0.6 is 15.9 Å². The van der Waals surface area contributed by atoms with Gasteiger partial charge in [-0.1, -0.05) is 24.3 Å². The second-order valence-corrected chi connectivity index (χ2v) is 8.32. The number of hydrogen-bond donors (Lipinski definition) is 0. The molecule has 1 aliphatic heterocycles. The van der Waals surface area contributed by atoms with Gasteiger partial charge >= 0.3 is 0 Å². The summed E-state index contributed by atoms with van der Waals surface area (Å²) in [4.78, 5) is 0. The average Bonchev–Trinajstić information content (AvgIpc) is 3.12. The third-order valence-corrected chi connectivity index (χ3v) is 6.11. The number of fused-ring (bicyclic) bond motifs is 3. The highest BCUT2D eigenvalue weighted by molar-refractivity contribution is 9.10. The Labute approximate surface area is 179 Å². The quantitative estimate of drug-likeness (QED) is 0.397. The van der Waals surface area contributed by atoms with Gasteiger partial charge in [0.2, 0.25) is 0 Å². The maximum absolute atomic E-state index is 6.55. The minimum Gasteiger partial charge on any atom is -0.484 e. The third kappa shape index (κ3) is 4.15. The van der Waals surface area contributed by atoms with Gasteiger partial charge in [-0.05, 0) is 64.5 Å². The molecule has 0 aromatic heterocycles. The van der Waals surface area contributed by atoms with Crippen LogP contribution in [0.5, 0.6) is 17.2 Å². The SMILES string of the molecule is C=C1CC2c3cc(OCOC)cc(Br)c3OC(c3ccc(OCOC)cc3)C2C1. The van der Waals surface area contributed by atoms with Gasteiger partial charge in [-0.2, -0.15) is 0 Å². The molecule has 2 aromatic rings. The Kier molecular flexibility index (Phi) is 6.13. The fraction of sp³-hybridized carbons (Fsp3) is 0.391. The summed E-state index contributed by atoms with van der Waals surface area (Å²) in [6.07, 6.45) is 1.88. The molecule has 154 valence electrons. The summed E-state index contributed by atoms with van der Waals surface area (Å²) in [6.45, 7) is 4.72. The van der Waals surface area contributed by atoms with Crippen LogP contribution in [-0.4, -0.2) is 27.8 Å². The van der Waals surface area contributed by atoms with E-state index in [1.807, 2.05) is 18.2 Å². The number of benzene rings is 2. The van der Waals surface area contributed by atoms with Gasteiger partial charge < -0.3 is 23.7 Å². The molecule has 1 saturated carbocycles. The van der Waals surface area contributed by atoms with Crippen LogP contribution in [0.15, 0.2) is 53.0 Å². The maximum atomic E-state index is 6.55. The van der Waals surface area contributed by atoms with Crippen molar-refractivity contribution < 1.29 is 23.7 Å². The summed E-state index contributed by atoms with van der Waals surface area (Å²) >= 11 is 3.67. The Morgan fingerprint density at radius 2 is 1.69 bits per heavy atom. The van der Waals surface area contributed by atoms with E-state index in [9.17, 15) is 0 Å². The molecule has 5 nitrogen and oxygen atoms in total. The standard InChI is InChI=1S/C23H25BrO5/c1-14-8-18-19(9-14)22(15-4-6-16(7-5-15)27-12-25-2)29-23-20(18)10-17(11-21(23)24)28-13-26-3/h4-7,10-11,18-19,22H,1,8-9,12-13H2,2-3H3. The molecule has 0 radical (unpaired) electrons. The van der Waals surface area contributed by atoms with Crippen molar-refractivity contribution in [3.05, 3.63) is 64.1 Å². The molecule has 0 bridgehead atoms. The van der Waals surface area contributed by atoms with E-state index in [1.54, 1.807) is 14.2 Å². The van der Waals surface area contributed by atoms with Crippen molar-refractivity contribution in [3.63, 3.8) is 0 Å². The fourth-order valence-corrected chi connectivity index (χ4v) is 4.84. The zero-order valence-electron chi connectivity index (χ0n) is 16.7. The van der Waals surface area contributed by atoms with Crippen molar-refractivity contribution in [2.24, 2.45) is 5.92 Å². The highest BCUT2D eigenvalue weighted by Crippen LogP contribution is 2.57. The first-order valence-corrected chi connectivity index (χ1v) is 10.4. The molecule has 3 unspecified atom stereocenters. The van der Waals surface area contributed by atoms with Gasteiger partial charge in [-0.25, -0.2) is 0 Å². The van der Waals surface area contributed by atoms with Crippen LogP contribution in [0.4, 0.5) is 0 Å². The number of methoxy groups -OCH3 is 2. The average molecular weight is 461 g/mol. The monoisotopic (exact) mass is 460 g/mol. The van der Waals surface area contributed by atoms with Gasteiger partial charge in [0.15, 0.2) is 13.6 Å². The Bertz CT molecular complexity index is 880. The smallest absolute Gasteiger partial charge is 0.188 e. The Hall–Kier alpha value is -2.02. The number of allylic oxidation sites excluding steroid dienone is 1. The van der Waals surface area contributed by atoms with Gasteiger partial charge in [0, 0.05) is 25.7 Å². The summed E-state index contributed by atoms with van der Waals surface area (Å²) in [5.74, 6) is 3.12. The summed E-state index contributed by atoms with van der Waals surface area (Å²) in [5.41, 5.74) is 3.57. The minimum absolute atomic E-state index is 0.0368. The molecule has 1 heterocycles. The van der Waals surface area contributed by atoms with E-state index in [2.05, 4.69) is 40.7 Å². The van der Waals surface area contributed by atoms with Gasteiger partial charge in [0.05, 0.1) is 4.47 Å². The van der Waals surface area contributed by atoms with Crippen molar-refractivity contribution in [1.82, 2.24) is 0 Å². The highest BCUT2D eigenvalue weighted by Gasteiger charge is 2.44. The molecule has 1 fully saturated rings. The molecule has 0 saturated heterocycles. The van der Waals surface area contributed by atoms with Crippen LogP contribution in [0.1, 0.15) is 36.0 Å². The lowest BCUT2D eigenvalue weighted by molar-refractivity contribution is 0.0501. The van der Waals surface area contributed by atoms with Crippen LogP contribution in [0.2, 0.25) is 0 Å². The molecule has 0 spiro atoms. The normalized spacial score (nSPS) is 22.6. The lowest BCUT2D eigenvalue weighted by Gasteiger charge is -2.37. The van der Waals surface area contributed by atoms with Gasteiger partial charge in [-0.15, -0.1) is 0 Å². The fourth-order valence-electron chi connectivity index (χ4n) is 4.29. The van der Waals surface area contributed by atoms with E-state index in [0.717, 1.165) is 40.1 Å². The largest absolute Gasteiger partial charge is 0.484 e. The van der Waals surface area contributed by atoms with Crippen LogP contribution in [0.3, 0.4) is 0 Å². The molecule has 4 rings (SSSR count). The Morgan fingerprint density at radius 1 is 1.00 bits per heavy atom. The third-order valence-electron chi connectivity index (χ3n) is 5.52. The van der Waals surface area contributed by atoms with Gasteiger partial charge in [-0.3, -0.25) is 0 Å². The van der Waals surface area contributed by atoms with E-state index in [-0.39, 0.29) is 19.7 Å². The maximum Gasteiger partial charge on any atom is 0.188 e. The number of rotatable bonds is 7. The molecule has 3 atom stereocenters. The Balaban J connectivity index is 1.66. The first-order chi connectivity index (χ1) is 14.1. The molecule has 0 N–H and O–H groups in total. The summed E-state index contributed by atoms with van der Waals surface area (Å²) < 4.78 is 28.6. The molecule has 1 aliphatic carbocycles. The molecule has 0 amide bonds. The molecular formula is C23H25BrO5. The Morgan fingerprint density at radius 3 is 2.38 bits per heavy atom. The molecule has 6 heteroatoms. The van der Waals surface area contributed by atoms with Crippen LogP contribution < -0.4 is 14.2 Å². The summed E-state index contributed by atoms with van der Waals surface area (Å²) in [6, 6.07) is 12.1. The molecule has 29 heavy (non-hydrogen) atoms. The minimum atomic E-state index is -0.0368. The van der Waals surface area contributed by atoms with E-state index in [1.165, 1.54) is 11.1 Å². The van der Waals surface area contributed by atoms with Crippen molar-refractivity contribution in [2.45, 2.75) is 24.9 Å². The summed E-state index contributed by atoms with van der Waals surface area (Å²) in [7, 11) is 3.22. The highest BCUT2D eigenvalue weighted by atomic mass is 79.9. The van der Waals surface area contributed by atoms with Gasteiger partial charge in [0.1, 0.15) is 23.4 Å².